The van der Waals surface area contributed by atoms with E-state index in [1.807, 2.05) is 0 Å². The van der Waals surface area contributed by atoms with Gasteiger partial charge >= 0.3 is 0 Å². The molecule has 0 bridgehead atoms. The molecule has 0 amide bonds. The van der Waals surface area contributed by atoms with Gasteiger partial charge in [-0.05, 0) is 44.7 Å². The topological polar surface area (TPSA) is 33.0 Å². The highest BCUT2D eigenvalue weighted by Crippen LogP contribution is 2.24. The molecule has 0 heterocycles. The summed E-state index contributed by atoms with van der Waals surface area (Å²) in [5.41, 5.74) is 3.65. The number of hydrogen-bond donors (Lipinski definition) is 0. The lowest BCUT2D eigenvalue weighted by atomic mass is 10.1. The molecule has 0 saturated heterocycles. The Kier molecular flexibility index (Phi) is 4.85. The van der Waals surface area contributed by atoms with Gasteiger partial charge in [-0.3, -0.25) is 0 Å². The highest BCUT2D eigenvalue weighted by Gasteiger charge is 2.04. The maximum Gasteiger partial charge on any atom is 0.125 e. The van der Waals surface area contributed by atoms with Crippen LogP contribution in [0.3, 0.4) is 0 Å². The fourth-order valence-electron chi connectivity index (χ4n) is 1.87. The molecule has 1 rings (SSSR count). The van der Waals surface area contributed by atoms with Gasteiger partial charge in [0.05, 0.1) is 12.7 Å². The minimum absolute atomic E-state index is 0.620. The third-order valence-corrected chi connectivity index (χ3v) is 2.53. The fraction of sp³-hybridized carbons (Fsp3) is 0.500. The van der Waals surface area contributed by atoms with Crippen molar-refractivity contribution in [2.75, 3.05) is 6.61 Å². The van der Waals surface area contributed by atoms with Crippen LogP contribution >= 0.6 is 0 Å². The summed E-state index contributed by atoms with van der Waals surface area (Å²) >= 11 is 0. The Morgan fingerprint density at radius 1 is 1.12 bits per heavy atom. The Hall–Kier alpha value is -1.49. The molecule has 86 valence electrons. The molecule has 2 heteroatoms. The average molecular weight is 217 g/mol. The first-order valence-corrected chi connectivity index (χ1v) is 5.72. The van der Waals surface area contributed by atoms with Gasteiger partial charge in [0.15, 0.2) is 0 Å². The summed E-state index contributed by atoms with van der Waals surface area (Å²) in [5.74, 6) is 1.00. The number of benzene rings is 1. The standard InChI is InChI=1S/C14H19NO/c1-11-9-12(2)14(13(3)10-11)16-8-6-4-5-7-15/h9-10H,4-6,8H2,1-3H3. The van der Waals surface area contributed by atoms with Crippen molar-refractivity contribution in [3.05, 3.63) is 28.8 Å². The number of rotatable bonds is 5. The van der Waals surface area contributed by atoms with Crippen LogP contribution < -0.4 is 4.74 Å². The average Bonchev–Trinajstić information content (AvgIpc) is 2.20. The van der Waals surface area contributed by atoms with Crippen LogP contribution in [0.2, 0.25) is 0 Å². The molecule has 0 unspecified atom stereocenters. The summed E-state index contributed by atoms with van der Waals surface area (Å²) in [7, 11) is 0. The first kappa shape index (κ1) is 12.6. The molecule has 0 radical (unpaired) electrons. The van der Waals surface area contributed by atoms with Gasteiger partial charge < -0.3 is 4.74 Å². The first-order valence-electron chi connectivity index (χ1n) is 5.72. The van der Waals surface area contributed by atoms with E-state index in [1.165, 1.54) is 16.7 Å². The summed E-state index contributed by atoms with van der Waals surface area (Å²) in [4.78, 5) is 0. The molecule has 0 spiro atoms. The van der Waals surface area contributed by atoms with Crippen LogP contribution in [-0.4, -0.2) is 6.61 Å². The van der Waals surface area contributed by atoms with Crippen LogP contribution in [0.25, 0.3) is 0 Å². The predicted octanol–water partition coefficient (Wildman–Crippen LogP) is 3.68. The maximum atomic E-state index is 8.41. The van der Waals surface area contributed by atoms with Crippen molar-refractivity contribution in [1.82, 2.24) is 0 Å². The molecule has 0 aliphatic rings. The first-order chi connectivity index (χ1) is 7.65. The van der Waals surface area contributed by atoms with Gasteiger partial charge in [-0.25, -0.2) is 0 Å². The molecule has 0 saturated carbocycles. The predicted molar refractivity (Wildman–Crippen MR) is 65.6 cm³/mol. The second kappa shape index (κ2) is 6.17. The van der Waals surface area contributed by atoms with E-state index in [0.717, 1.165) is 18.6 Å². The molecular weight excluding hydrogens is 198 g/mol. The second-order valence-corrected chi connectivity index (χ2v) is 4.19. The summed E-state index contributed by atoms with van der Waals surface area (Å²) in [6, 6.07) is 6.41. The molecule has 1 aromatic carbocycles. The van der Waals surface area contributed by atoms with Crippen LogP contribution in [0.5, 0.6) is 5.75 Å². The monoisotopic (exact) mass is 217 g/mol. The van der Waals surface area contributed by atoms with Crippen molar-refractivity contribution in [3.63, 3.8) is 0 Å². The lowest BCUT2D eigenvalue weighted by molar-refractivity contribution is 0.303. The normalized spacial score (nSPS) is 9.88. The van der Waals surface area contributed by atoms with E-state index in [2.05, 4.69) is 39.0 Å². The largest absolute Gasteiger partial charge is 0.493 e. The number of ether oxygens (including phenoxy) is 1. The molecule has 0 aliphatic heterocycles. The van der Waals surface area contributed by atoms with E-state index in [1.54, 1.807) is 0 Å². The van der Waals surface area contributed by atoms with E-state index in [9.17, 15) is 0 Å². The number of aryl methyl sites for hydroxylation is 3. The van der Waals surface area contributed by atoms with E-state index >= 15 is 0 Å². The molecule has 0 aromatic heterocycles. The number of nitriles is 1. The Morgan fingerprint density at radius 2 is 1.75 bits per heavy atom. The smallest absolute Gasteiger partial charge is 0.125 e. The SMILES string of the molecule is Cc1cc(C)c(OCCCCC#N)c(C)c1. The van der Waals surface area contributed by atoms with Gasteiger partial charge in [-0.15, -0.1) is 0 Å². The Bertz CT molecular complexity index is 367. The Balaban J connectivity index is 2.51. The van der Waals surface area contributed by atoms with Gasteiger partial charge in [-0.1, -0.05) is 17.7 Å². The summed E-state index contributed by atoms with van der Waals surface area (Å²) in [6.07, 6.45) is 2.48. The summed E-state index contributed by atoms with van der Waals surface area (Å²) in [6.45, 7) is 6.94. The van der Waals surface area contributed by atoms with Crippen molar-refractivity contribution < 1.29 is 4.74 Å². The van der Waals surface area contributed by atoms with Crippen LogP contribution in [0.4, 0.5) is 0 Å². The van der Waals surface area contributed by atoms with Gasteiger partial charge in [0.25, 0.3) is 0 Å². The molecule has 0 N–H and O–H groups in total. The lowest BCUT2D eigenvalue weighted by Gasteiger charge is -2.12. The van der Waals surface area contributed by atoms with Crippen molar-refractivity contribution in [3.8, 4) is 11.8 Å². The number of nitrogens with zero attached hydrogens (tertiary/aromatic N) is 1. The van der Waals surface area contributed by atoms with Crippen LogP contribution in [-0.2, 0) is 0 Å². The minimum atomic E-state index is 0.620. The van der Waals surface area contributed by atoms with Gasteiger partial charge in [-0.2, -0.15) is 5.26 Å². The van der Waals surface area contributed by atoms with Crippen molar-refractivity contribution in [2.24, 2.45) is 0 Å². The van der Waals surface area contributed by atoms with E-state index < -0.39 is 0 Å². The third-order valence-electron chi connectivity index (χ3n) is 2.53. The fourth-order valence-corrected chi connectivity index (χ4v) is 1.87. The molecule has 0 fully saturated rings. The summed E-state index contributed by atoms with van der Waals surface area (Å²) < 4.78 is 5.76. The molecule has 1 aromatic rings. The Morgan fingerprint density at radius 3 is 2.31 bits per heavy atom. The van der Waals surface area contributed by atoms with Crippen LogP contribution in [0.1, 0.15) is 36.0 Å². The van der Waals surface area contributed by atoms with E-state index in [4.69, 9.17) is 10.00 Å². The zero-order chi connectivity index (χ0) is 12.0. The van der Waals surface area contributed by atoms with E-state index in [0.29, 0.717) is 13.0 Å². The highest BCUT2D eigenvalue weighted by atomic mass is 16.5. The third kappa shape index (κ3) is 3.58. The van der Waals surface area contributed by atoms with Crippen molar-refractivity contribution in [2.45, 2.75) is 40.0 Å². The quantitative estimate of drug-likeness (QED) is 0.705. The molecule has 0 aliphatic carbocycles. The van der Waals surface area contributed by atoms with Crippen LogP contribution in [0, 0.1) is 32.1 Å². The molecular formula is C14H19NO. The van der Waals surface area contributed by atoms with Crippen molar-refractivity contribution >= 4 is 0 Å². The van der Waals surface area contributed by atoms with Gasteiger partial charge in [0.1, 0.15) is 5.75 Å². The number of unbranched alkanes of at least 4 members (excludes halogenated alkanes) is 2. The van der Waals surface area contributed by atoms with Gasteiger partial charge in [0, 0.05) is 6.42 Å². The van der Waals surface area contributed by atoms with Gasteiger partial charge in [0.2, 0.25) is 0 Å². The highest BCUT2D eigenvalue weighted by molar-refractivity contribution is 5.42. The lowest BCUT2D eigenvalue weighted by Crippen LogP contribution is -2.01. The van der Waals surface area contributed by atoms with Crippen molar-refractivity contribution in [1.29, 1.82) is 5.26 Å². The minimum Gasteiger partial charge on any atom is -0.493 e. The summed E-state index contributed by atoms with van der Waals surface area (Å²) in [5, 5.41) is 8.41. The zero-order valence-electron chi connectivity index (χ0n) is 10.3. The maximum absolute atomic E-state index is 8.41. The second-order valence-electron chi connectivity index (χ2n) is 4.19. The molecule has 16 heavy (non-hydrogen) atoms. The number of hydrogen-bond acceptors (Lipinski definition) is 2. The molecule has 2 nitrogen and oxygen atoms in total. The van der Waals surface area contributed by atoms with E-state index in [-0.39, 0.29) is 0 Å². The molecule has 0 atom stereocenters. The zero-order valence-corrected chi connectivity index (χ0v) is 10.3. The Labute approximate surface area is 97.9 Å². The van der Waals surface area contributed by atoms with Crippen LogP contribution in [0.15, 0.2) is 12.1 Å².